The van der Waals surface area contributed by atoms with Gasteiger partial charge in [-0.15, -0.1) is 0 Å². The Hall–Kier alpha value is -4.60. The molecule has 1 aliphatic carbocycles. The molecule has 0 spiro atoms. The fourth-order valence-electron chi connectivity index (χ4n) is 7.51. The first-order valence-corrected chi connectivity index (χ1v) is 17.0. The van der Waals surface area contributed by atoms with Crippen molar-refractivity contribution in [3.05, 3.63) is 93.0 Å². The van der Waals surface area contributed by atoms with Gasteiger partial charge in [0.25, 0.3) is 5.56 Å². The van der Waals surface area contributed by atoms with E-state index >= 15 is 0 Å². The first kappa shape index (κ1) is 32.0. The van der Waals surface area contributed by atoms with Gasteiger partial charge in [0, 0.05) is 60.0 Å². The second-order valence-corrected chi connectivity index (χ2v) is 13.2. The Kier molecular flexibility index (Phi) is 8.98. The van der Waals surface area contributed by atoms with Crippen LogP contribution in [0.4, 0.5) is 11.5 Å². The lowest BCUT2D eigenvalue weighted by Crippen LogP contribution is -2.25. The standard InChI is InChI=1S/C38H39ClN6O3/c1-23-27(9-7-12-30(23)42-36-34-26(15-17-40-36)21-41-44(2)38(34)47)28-10-6-11-29(35(28)39)31-20-25-13-14-32(33(25)37(43-31)48-3)45-18-16-24(22-45)8-4-5-19-46/h6-7,9-12,15,17,19-21,24,32H,4-5,8,13-14,16,18,22H2,1-3H3,(H,40,42). The number of aromatic nitrogens is 4. The Morgan fingerprint density at radius 2 is 1.92 bits per heavy atom. The van der Waals surface area contributed by atoms with Gasteiger partial charge in [0.1, 0.15) is 12.1 Å². The van der Waals surface area contributed by atoms with Gasteiger partial charge >= 0.3 is 0 Å². The summed E-state index contributed by atoms with van der Waals surface area (Å²) in [5.41, 5.74) is 7.53. The van der Waals surface area contributed by atoms with Crippen LogP contribution in [0.3, 0.4) is 0 Å². The van der Waals surface area contributed by atoms with Crippen LogP contribution in [-0.4, -0.2) is 51.1 Å². The number of aryl methyl sites for hydroxylation is 2. The highest BCUT2D eigenvalue weighted by Crippen LogP contribution is 2.46. The molecule has 10 heteroatoms. The van der Waals surface area contributed by atoms with E-state index in [2.05, 4.69) is 32.4 Å². The van der Waals surface area contributed by atoms with Crippen molar-refractivity contribution < 1.29 is 9.53 Å². The number of aldehydes is 1. The lowest BCUT2D eigenvalue weighted by Gasteiger charge is -2.26. The lowest BCUT2D eigenvalue weighted by atomic mass is 9.96. The molecule has 48 heavy (non-hydrogen) atoms. The number of carbonyl (C=O) groups is 1. The summed E-state index contributed by atoms with van der Waals surface area (Å²) in [5.74, 6) is 1.78. The summed E-state index contributed by atoms with van der Waals surface area (Å²) in [6.07, 6.45) is 10.3. The minimum Gasteiger partial charge on any atom is -0.481 e. The van der Waals surface area contributed by atoms with Gasteiger partial charge in [0.2, 0.25) is 5.88 Å². The molecule has 5 aromatic rings. The Morgan fingerprint density at radius 3 is 2.75 bits per heavy atom. The second kappa shape index (κ2) is 13.5. The smallest absolute Gasteiger partial charge is 0.278 e. The Balaban J connectivity index is 1.19. The van der Waals surface area contributed by atoms with Crippen LogP contribution in [0.2, 0.25) is 5.02 Å². The molecule has 0 radical (unpaired) electrons. The third-order valence-electron chi connectivity index (χ3n) is 10.0. The van der Waals surface area contributed by atoms with Crippen LogP contribution in [0.25, 0.3) is 33.2 Å². The first-order chi connectivity index (χ1) is 23.4. The molecule has 0 saturated carbocycles. The summed E-state index contributed by atoms with van der Waals surface area (Å²) in [7, 11) is 3.33. The molecule has 2 unspecified atom stereocenters. The van der Waals surface area contributed by atoms with Gasteiger partial charge in [-0.2, -0.15) is 5.10 Å². The molecule has 2 aromatic carbocycles. The zero-order chi connectivity index (χ0) is 33.4. The van der Waals surface area contributed by atoms with Crippen LogP contribution in [0.5, 0.6) is 5.88 Å². The van der Waals surface area contributed by atoms with E-state index in [1.54, 1.807) is 32.6 Å². The van der Waals surface area contributed by atoms with E-state index in [0.717, 1.165) is 84.1 Å². The van der Waals surface area contributed by atoms with E-state index in [-0.39, 0.29) is 5.56 Å². The van der Waals surface area contributed by atoms with Gasteiger partial charge in [0.15, 0.2) is 0 Å². The molecule has 2 atom stereocenters. The van der Waals surface area contributed by atoms with Crippen LogP contribution in [0.1, 0.15) is 54.8 Å². The average Bonchev–Trinajstić information content (AvgIpc) is 3.75. The van der Waals surface area contributed by atoms with Gasteiger partial charge in [-0.3, -0.25) is 9.69 Å². The molecule has 0 amide bonds. The molecule has 7 rings (SSSR count). The SMILES string of the molecule is COc1nc(-c2cccc(-c3cccc(Nc4nccc5cnn(C)c(=O)c45)c3C)c2Cl)cc2c1C(N1CCC(CCCC=O)C1)CC2. The van der Waals surface area contributed by atoms with E-state index in [9.17, 15) is 9.59 Å². The molecule has 246 valence electrons. The third-order valence-corrected chi connectivity index (χ3v) is 10.4. The molecular formula is C38H39ClN6O3. The molecule has 1 saturated heterocycles. The van der Waals surface area contributed by atoms with E-state index in [1.165, 1.54) is 22.2 Å². The van der Waals surface area contributed by atoms with Crippen LogP contribution >= 0.6 is 11.6 Å². The number of fused-ring (bicyclic) bond motifs is 2. The Bertz CT molecular complexity index is 2080. The van der Waals surface area contributed by atoms with Crippen molar-refractivity contribution in [1.82, 2.24) is 24.6 Å². The second-order valence-electron chi connectivity index (χ2n) is 12.9. The maximum atomic E-state index is 13.0. The molecule has 2 aliphatic rings. The quantitative estimate of drug-likeness (QED) is 0.122. The molecule has 1 fully saturated rings. The van der Waals surface area contributed by atoms with Crippen molar-refractivity contribution in [3.63, 3.8) is 0 Å². The predicted octanol–water partition coefficient (Wildman–Crippen LogP) is 7.45. The van der Waals surface area contributed by atoms with Crippen LogP contribution in [0.15, 0.2) is 65.7 Å². The van der Waals surface area contributed by atoms with Crippen molar-refractivity contribution >= 4 is 40.2 Å². The van der Waals surface area contributed by atoms with E-state index in [4.69, 9.17) is 21.3 Å². The largest absolute Gasteiger partial charge is 0.481 e. The third kappa shape index (κ3) is 5.86. The van der Waals surface area contributed by atoms with Gasteiger partial charge in [0.05, 0.1) is 29.4 Å². The zero-order valence-corrected chi connectivity index (χ0v) is 28.3. The van der Waals surface area contributed by atoms with Gasteiger partial charge in [-0.25, -0.2) is 14.6 Å². The normalized spacial score (nSPS) is 17.5. The van der Waals surface area contributed by atoms with Crippen LogP contribution in [0, 0.1) is 12.8 Å². The van der Waals surface area contributed by atoms with Crippen molar-refractivity contribution in [1.29, 1.82) is 0 Å². The number of likely N-dealkylation sites (tertiary alicyclic amines) is 1. The van der Waals surface area contributed by atoms with E-state index in [0.29, 0.717) is 40.5 Å². The fourth-order valence-corrected chi connectivity index (χ4v) is 7.83. The van der Waals surface area contributed by atoms with Gasteiger partial charge in [-0.05, 0) is 86.4 Å². The minimum atomic E-state index is -0.216. The molecular weight excluding hydrogens is 624 g/mol. The number of nitrogens with one attached hydrogen (secondary N) is 1. The number of unbranched alkanes of at least 4 members (excludes halogenated alkanes) is 1. The molecule has 9 nitrogen and oxygen atoms in total. The van der Waals surface area contributed by atoms with Crippen molar-refractivity contribution in [2.24, 2.45) is 13.0 Å². The topological polar surface area (TPSA) is 102 Å². The van der Waals surface area contributed by atoms with Gasteiger partial charge in [-0.1, -0.05) is 41.9 Å². The highest BCUT2D eigenvalue weighted by atomic mass is 35.5. The monoisotopic (exact) mass is 662 g/mol. The number of rotatable bonds is 10. The molecule has 0 bridgehead atoms. The summed E-state index contributed by atoms with van der Waals surface area (Å²) < 4.78 is 7.26. The number of benzene rings is 2. The molecule has 1 N–H and O–H groups in total. The number of carbonyl (C=O) groups excluding carboxylic acids is 1. The number of ether oxygens (including phenoxy) is 1. The number of methoxy groups -OCH3 is 1. The number of nitrogens with zero attached hydrogens (tertiary/aromatic N) is 5. The number of hydrogen-bond acceptors (Lipinski definition) is 8. The van der Waals surface area contributed by atoms with Crippen molar-refractivity contribution in [2.75, 3.05) is 25.5 Å². The van der Waals surface area contributed by atoms with Crippen molar-refractivity contribution in [2.45, 2.75) is 51.5 Å². The maximum absolute atomic E-state index is 13.0. The molecule has 4 heterocycles. The fraction of sp³-hybridized carbons (Fsp3) is 0.342. The Labute approximate surface area is 284 Å². The minimum absolute atomic E-state index is 0.216. The summed E-state index contributed by atoms with van der Waals surface area (Å²) in [6, 6.07) is 16.3. The first-order valence-electron chi connectivity index (χ1n) is 16.6. The summed E-state index contributed by atoms with van der Waals surface area (Å²) in [4.78, 5) is 35.9. The summed E-state index contributed by atoms with van der Waals surface area (Å²) in [6.45, 7) is 4.15. The zero-order valence-electron chi connectivity index (χ0n) is 27.5. The summed E-state index contributed by atoms with van der Waals surface area (Å²) >= 11 is 7.23. The van der Waals surface area contributed by atoms with Crippen molar-refractivity contribution in [3.8, 4) is 28.3 Å². The van der Waals surface area contributed by atoms with E-state index < -0.39 is 0 Å². The molecule has 3 aromatic heterocycles. The number of pyridine rings is 2. The Morgan fingerprint density at radius 1 is 1.10 bits per heavy atom. The number of anilines is 2. The average molecular weight is 663 g/mol. The van der Waals surface area contributed by atoms with Crippen LogP contribution < -0.4 is 15.6 Å². The maximum Gasteiger partial charge on any atom is 0.278 e. The predicted molar refractivity (Wildman–Crippen MR) is 190 cm³/mol. The lowest BCUT2D eigenvalue weighted by molar-refractivity contribution is -0.108. The molecule has 1 aliphatic heterocycles. The highest BCUT2D eigenvalue weighted by Gasteiger charge is 2.36. The number of halogens is 1. The highest BCUT2D eigenvalue weighted by molar-refractivity contribution is 6.36. The summed E-state index contributed by atoms with van der Waals surface area (Å²) in [5, 5.41) is 9.37. The van der Waals surface area contributed by atoms with Crippen LogP contribution in [-0.2, 0) is 18.3 Å². The number of hydrogen-bond donors (Lipinski definition) is 1. The van der Waals surface area contributed by atoms with E-state index in [1.807, 2.05) is 37.3 Å². The van der Waals surface area contributed by atoms with Gasteiger partial charge < -0.3 is 14.8 Å².